The van der Waals surface area contributed by atoms with Crippen molar-refractivity contribution < 1.29 is 37.5 Å². The van der Waals surface area contributed by atoms with Gasteiger partial charge in [-0.3, -0.25) is 9.59 Å². The van der Waals surface area contributed by atoms with E-state index in [1.165, 1.54) is 48.8 Å². The fourth-order valence-corrected chi connectivity index (χ4v) is 4.05. The van der Waals surface area contributed by atoms with Crippen LogP contribution in [0.1, 0.15) is 32.2 Å². The zero-order chi connectivity index (χ0) is 33.1. The molecule has 2 N–H and O–H groups in total. The molecule has 0 unspecified atom stereocenters. The maximum absolute atomic E-state index is 12.2. The predicted molar refractivity (Wildman–Crippen MR) is 171 cm³/mol. The molecule has 0 bridgehead atoms. The molecule has 2 aromatic carbocycles. The highest BCUT2D eigenvalue weighted by Crippen LogP contribution is 2.28. The minimum absolute atomic E-state index is 0.0342. The van der Waals surface area contributed by atoms with Gasteiger partial charge in [0, 0.05) is 11.1 Å². The molecular weight excluding hydrogens is 639 g/mol. The molecule has 4 rings (SSSR count). The third-order valence-corrected chi connectivity index (χ3v) is 6.44. The maximum Gasteiger partial charge on any atom is 0.339 e. The molecular formula is C32H24Cl2N4O8. The molecule has 4 aromatic rings. The molecule has 0 aliphatic rings. The molecule has 2 aromatic heterocycles. The van der Waals surface area contributed by atoms with Crippen LogP contribution in [0.25, 0.3) is 22.6 Å². The number of halogens is 2. The minimum atomic E-state index is -1.10. The van der Waals surface area contributed by atoms with Crippen molar-refractivity contribution in [1.82, 2.24) is 10.9 Å². The van der Waals surface area contributed by atoms with Crippen molar-refractivity contribution in [2.24, 2.45) is 10.2 Å². The summed E-state index contributed by atoms with van der Waals surface area (Å²) in [6, 6.07) is 15.8. The topological polar surface area (TPSA) is 162 Å². The molecule has 2 amide bonds. The van der Waals surface area contributed by atoms with Crippen LogP contribution in [0.15, 0.2) is 105 Å². The number of amides is 2. The van der Waals surface area contributed by atoms with Crippen molar-refractivity contribution in [3.63, 3.8) is 0 Å². The van der Waals surface area contributed by atoms with Gasteiger partial charge in [-0.2, -0.15) is 10.2 Å². The summed E-state index contributed by atoms with van der Waals surface area (Å²) in [5.74, 6) is -2.16. The quantitative estimate of drug-likeness (QED) is 0.0632. The van der Waals surface area contributed by atoms with Crippen LogP contribution in [0.4, 0.5) is 0 Å². The van der Waals surface area contributed by atoms with Crippen molar-refractivity contribution in [2.75, 3.05) is 13.2 Å². The first-order valence-corrected chi connectivity index (χ1v) is 14.0. The number of nitrogens with zero attached hydrogens (tertiary/aromatic N) is 2. The Morgan fingerprint density at radius 1 is 0.674 bits per heavy atom. The van der Waals surface area contributed by atoms with Gasteiger partial charge in [0.05, 0.1) is 33.6 Å². The summed E-state index contributed by atoms with van der Waals surface area (Å²) in [5.41, 5.74) is 5.51. The number of benzene rings is 2. The van der Waals surface area contributed by atoms with Crippen molar-refractivity contribution in [3.05, 3.63) is 119 Å². The molecule has 0 aliphatic carbocycles. The van der Waals surface area contributed by atoms with Gasteiger partial charge in [-0.05, 0) is 60.7 Å². The Hall–Kier alpha value is -5.72. The fraction of sp³-hybridized carbons (Fsp3) is 0.0625. The lowest BCUT2D eigenvalue weighted by atomic mass is 10.1. The summed E-state index contributed by atoms with van der Waals surface area (Å²) in [6.45, 7) is 7.07. The second-order valence-electron chi connectivity index (χ2n) is 8.97. The Kier molecular flexibility index (Phi) is 11.4. The lowest BCUT2D eigenvalue weighted by Crippen LogP contribution is -2.35. The average Bonchev–Trinajstić information content (AvgIpc) is 3.73. The number of hydrazone groups is 2. The van der Waals surface area contributed by atoms with E-state index in [0.29, 0.717) is 22.6 Å². The Bertz CT molecular complexity index is 1720. The van der Waals surface area contributed by atoms with Crippen LogP contribution in [0, 0.1) is 0 Å². The van der Waals surface area contributed by atoms with Crippen molar-refractivity contribution in [3.8, 4) is 22.6 Å². The number of furan rings is 2. The monoisotopic (exact) mass is 662 g/mol. The Morgan fingerprint density at radius 3 is 1.48 bits per heavy atom. The summed E-state index contributed by atoms with van der Waals surface area (Å²) in [6.07, 6.45) is 5.24. The molecule has 46 heavy (non-hydrogen) atoms. The largest absolute Gasteiger partial charge is 0.458 e. The first-order chi connectivity index (χ1) is 22.2. The molecule has 0 spiro atoms. The van der Waals surface area contributed by atoms with Gasteiger partial charge in [0.15, 0.2) is 0 Å². The van der Waals surface area contributed by atoms with Gasteiger partial charge in [-0.25, -0.2) is 20.4 Å². The van der Waals surface area contributed by atoms with Gasteiger partial charge in [-0.15, -0.1) is 0 Å². The van der Waals surface area contributed by atoms with Crippen LogP contribution in [-0.2, 0) is 19.1 Å². The Balaban J connectivity index is 1.30. The summed E-state index contributed by atoms with van der Waals surface area (Å²) >= 11 is 12.2. The maximum atomic E-state index is 12.2. The van der Waals surface area contributed by atoms with E-state index >= 15 is 0 Å². The molecule has 12 nitrogen and oxygen atoms in total. The molecule has 0 saturated heterocycles. The summed E-state index contributed by atoms with van der Waals surface area (Å²) < 4.78 is 21.4. The highest BCUT2D eigenvalue weighted by atomic mass is 35.5. The Labute approximate surface area is 272 Å². The van der Waals surface area contributed by atoms with E-state index in [1.54, 1.807) is 36.4 Å². The van der Waals surface area contributed by atoms with Crippen LogP contribution in [0.5, 0.6) is 0 Å². The number of nitrogens with one attached hydrogen (secondary N) is 2. The first-order valence-electron chi connectivity index (χ1n) is 13.2. The van der Waals surface area contributed by atoms with Gasteiger partial charge >= 0.3 is 23.8 Å². The molecule has 234 valence electrons. The molecule has 0 aliphatic heterocycles. The first kappa shape index (κ1) is 33.2. The van der Waals surface area contributed by atoms with Crippen molar-refractivity contribution in [2.45, 2.75) is 0 Å². The third-order valence-electron chi connectivity index (χ3n) is 5.78. The third kappa shape index (κ3) is 8.68. The lowest BCUT2D eigenvalue weighted by molar-refractivity contribution is -0.139. The van der Waals surface area contributed by atoms with E-state index in [1.807, 2.05) is 0 Å². The minimum Gasteiger partial charge on any atom is -0.458 e. The van der Waals surface area contributed by atoms with E-state index in [0.717, 1.165) is 0 Å². The van der Waals surface area contributed by atoms with E-state index in [-0.39, 0.29) is 45.9 Å². The Morgan fingerprint density at radius 2 is 1.09 bits per heavy atom. The number of esters is 2. The molecule has 0 atom stereocenters. The van der Waals surface area contributed by atoms with Crippen LogP contribution >= 0.6 is 23.2 Å². The van der Waals surface area contributed by atoms with E-state index in [9.17, 15) is 19.2 Å². The molecule has 0 saturated carbocycles. The van der Waals surface area contributed by atoms with E-state index in [2.05, 4.69) is 34.2 Å². The van der Waals surface area contributed by atoms with Crippen molar-refractivity contribution in [1.29, 1.82) is 0 Å². The lowest BCUT2D eigenvalue weighted by Gasteiger charge is -2.06. The highest BCUT2D eigenvalue weighted by Gasteiger charge is 2.16. The number of carbonyl (C=O) groups excluding carboxylic acids is 4. The number of rotatable bonds is 12. The molecule has 0 fully saturated rings. The second-order valence-corrected chi connectivity index (χ2v) is 9.78. The van der Waals surface area contributed by atoms with Gasteiger partial charge < -0.3 is 18.3 Å². The molecule has 14 heteroatoms. The van der Waals surface area contributed by atoms with Gasteiger partial charge in [-0.1, -0.05) is 48.5 Å². The van der Waals surface area contributed by atoms with Crippen LogP contribution in [0.3, 0.4) is 0 Å². The second kappa shape index (κ2) is 15.8. The van der Waals surface area contributed by atoms with Crippen LogP contribution in [-0.4, -0.2) is 49.4 Å². The number of hydrogen-bond acceptors (Lipinski definition) is 10. The van der Waals surface area contributed by atoms with Crippen molar-refractivity contribution >= 4 is 59.4 Å². The summed E-state index contributed by atoms with van der Waals surface area (Å²) in [4.78, 5) is 48.6. The van der Waals surface area contributed by atoms with Gasteiger partial charge in [0.2, 0.25) is 0 Å². The zero-order valence-corrected chi connectivity index (χ0v) is 25.3. The van der Waals surface area contributed by atoms with E-state index in [4.69, 9.17) is 41.5 Å². The zero-order valence-electron chi connectivity index (χ0n) is 23.8. The number of ether oxygens (including phenoxy) is 2. The SMILES string of the molecule is C=CCOC(=O)c1cc(-c2ccc(C=NNC(=O)C(=O)NN=Cc3ccc(-c4ccc(Cl)c(C(=O)OCC=C)c4)o3)o2)ccc1Cl. The van der Waals surface area contributed by atoms with Crippen LogP contribution < -0.4 is 10.9 Å². The number of hydrogen-bond donors (Lipinski definition) is 2. The fourth-order valence-electron chi connectivity index (χ4n) is 3.66. The molecule has 0 radical (unpaired) electrons. The standard InChI is InChI=1S/C32H24Cl2N4O8/c1-3-13-43-31(41)23-15-19(5-9-25(23)33)27-11-7-21(45-27)17-35-37-29(39)30(40)38-36-18-22-8-12-28(46-22)20-6-10-26(34)24(16-20)32(42)44-14-4-2/h3-12,15-18H,1-2,13-14H2,(H,37,39)(H,38,40). The van der Waals surface area contributed by atoms with E-state index < -0.39 is 23.8 Å². The van der Waals surface area contributed by atoms with Gasteiger partial charge in [0.1, 0.15) is 36.3 Å². The smallest absolute Gasteiger partial charge is 0.339 e. The number of carbonyl (C=O) groups is 4. The van der Waals surface area contributed by atoms with Gasteiger partial charge in [0.25, 0.3) is 0 Å². The predicted octanol–water partition coefficient (Wildman–Crippen LogP) is 5.80. The normalized spacial score (nSPS) is 10.9. The highest BCUT2D eigenvalue weighted by molar-refractivity contribution is 6.35. The molecule has 2 heterocycles. The van der Waals surface area contributed by atoms with Crippen LogP contribution in [0.2, 0.25) is 10.0 Å². The summed E-state index contributed by atoms with van der Waals surface area (Å²) in [5, 5.41) is 7.83. The average molecular weight is 663 g/mol. The summed E-state index contributed by atoms with van der Waals surface area (Å²) in [7, 11) is 0.